The highest BCUT2D eigenvalue weighted by atomic mass is 32.2. The second-order valence-electron chi connectivity index (χ2n) is 8.66. The monoisotopic (exact) mass is 527 g/mol. The summed E-state index contributed by atoms with van der Waals surface area (Å²) in [5.41, 5.74) is 3.55. The normalized spacial score (nSPS) is 19.5. The number of ether oxygens (including phenoxy) is 2. The lowest BCUT2D eigenvalue weighted by Crippen LogP contribution is -2.31. The summed E-state index contributed by atoms with van der Waals surface area (Å²) in [6, 6.07) is 15.3. The van der Waals surface area contributed by atoms with Gasteiger partial charge in [0, 0.05) is 37.8 Å². The van der Waals surface area contributed by atoms with Crippen LogP contribution < -0.4 is 5.32 Å². The molecule has 12 heteroatoms. The molecular weight excluding hydrogens is 498 g/mol. The molecule has 0 bridgehead atoms. The molecule has 1 saturated heterocycles. The van der Waals surface area contributed by atoms with E-state index in [1.807, 2.05) is 48.5 Å². The van der Waals surface area contributed by atoms with Crippen molar-refractivity contribution >= 4 is 23.6 Å². The lowest BCUT2D eigenvalue weighted by atomic mass is 10.0. The molecule has 1 aliphatic heterocycles. The highest BCUT2D eigenvalue weighted by molar-refractivity contribution is 7.99. The van der Waals surface area contributed by atoms with Gasteiger partial charge in [0.1, 0.15) is 0 Å². The third kappa shape index (κ3) is 7.59. The van der Waals surface area contributed by atoms with E-state index in [9.17, 15) is 14.7 Å². The summed E-state index contributed by atoms with van der Waals surface area (Å²) in [5.74, 6) is -0.668. The molecule has 1 fully saturated rings. The van der Waals surface area contributed by atoms with Crippen LogP contribution in [-0.2, 0) is 39.3 Å². The zero-order chi connectivity index (χ0) is 26.2. The van der Waals surface area contributed by atoms with Crippen molar-refractivity contribution < 1.29 is 29.3 Å². The molecule has 1 aliphatic rings. The van der Waals surface area contributed by atoms with Gasteiger partial charge in [-0.25, -0.2) is 4.68 Å². The van der Waals surface area contributed by atoms with E-state index in [0.717, 1.165) is 22.3 Å². The topological polar surface area (TPSA) is 149 Å². The molecule has 3 N–H and O–H groups in total. The highest BCUT2D eigenvalue weighted by Crippen LogP contribution is 2.39. The molecule has 0 aliphatic carbocycles. The number of aliphatic hydroxyl groups is 1. The predicted octanol–water partition coefficient (Wildman–Crippen LogP) is 2.52. The van der Waals surface area contributed by atoms with E-state index < -0.39 is 12.3 Å². The summed E-state index contributed by atoms with van der Waals surface area (Å²) in [5, 5.41) is 33.1. The number of hydrogen-bond donors (Lipinski definition) is 3. The number of aryl methyl sites for hydroxylation is 1. The molecule has 196 valence electrons. The van der Waals surface area contributed by atoms with Crippen LogP contribution in [0, 0.1) is 0 Å². The first-order valence-electron chi connectivity index (χ1n) is 11.8. The van der Waals surface area contributed by atoms with Crippen molar-refractivity contribution in [1.29, 1.82) is 0 Å². The molecule has 0 radical (unpaired) electrons. The van der Waals surface area contributed by atoms with E-state index in [0.29, 0.717) is 23.9 Å². The summed E-state index contributed by atoms with van der Waals surface area (Å²) in [7, 11) is 1.79. The van der Waals surface area contributed by atoms with Gasteiger partial charge in [-0.3, -0.25) is 9.59 Å². The fourth-order valence-electron chi connectivity index (χ4n) is 3.84. The molecular formula is C25H29N5O6S. The van der Waals surface area contributed by atoms with Crippen molar-refractivity contribution in [2.75, 3.05) is 5.75 Å². The van der Waals surface area contributed by atoms with Crippen LogP contribution in [0.25, 0.3) is 0 Å². The van der Waals surface area contributed by atoms with Gasteiger partial charge in [-0.05, 0) is 27.1 Å². The first kappa shape index (κ1) is 26.7. The third-order valence-electron chi connectivity index (χ3n) is 5.90. The van der Waals surface area contributed by atoms with Gasteiger partial charge in [-0.15, -0.1) is 5.10 Å². The molecule has 1 aromatic heterocycles. The Morgan fingerprint density at radius 2 is 1.76 bits per heavy atom. The van der Waals surface area contributed by atoms with Crippen molar-refractivity contribution in [3.05, 3.63) is 70.8 Å². The van der Waals surface area contributed by atoms with E-state index in [4.69, 9.17) is 14.6 Å². The van der Waals surface area contributed by atoms with Crippen LogP contribution in [0.15, 0.2) is 53.7 Å². The standard InChI is InChI=1S/C25H29N5O6S/c1-30-25(27-28-29-30)37-15-20-12-21(18-6-4-17(14-31)5-7-18)36-24(35-20)19-8-2-16(3-9-19)13-26-22(32)10-11-23(33)34/h2-9,20-21,24,31H,10-15H2,1H3,(H,26,32)(H,33,34)/t20-,21+,24+/m0/s1. The van der Waals surface area contributed by atoms with Crippen molar-refractivity contribution in [3.63, 3.8) is 0 Å². The van der Waals surface area contributed by atoms with Crippen LogP contribution in [-0.4, -0.2) is 54.2 Å². The van der Waals surface area contributed by atoms with Crippen LogP contribution in [0.5, 0.6) is 0 Å². The molecule has 3 atom stereocenters. The number of rotatable bonds is 11. The zero-order valence-electron chi connectivity index (χ0n) is 20.3. The lowest BCUT2D eigenvalue weighted by molar-refractivity contribution is -0.245. The Hall–Kier alpha value is -3.32. The molecule has 37 heavy (non-hydrogen) atoms. The van der Waals surface area contributed by atoms with Crippen LogP contribution in [0.2, 0.25) is 0 Å². The van der Waals surface area contributed by atoms with Crippen LogP contribution in [0.4, 0.5) is 0 Å². The Bertz CT molecular complexity index is 1190. The number of carboxylic acids is 1. The highest BCUT2D eigenvalue weighted by Gasteiger charge is 2.32. The number of tetrazole rings is 1. The number of amides is 1. The summed E-state index contributed by atoms with van der Waals surface area (Å²) in [4.78, 5) is 22.4. The number of aliphatic carboxylic acids is 1. The lowest BCUT2D eigenvalue weighted by Gasteiger charge is -2.36. The average Bonchev–Trinajstić information content (AvgIpc) is 3.34. The molecule has 2 heterocycles. The smallest absolute Gasteiger partial charge is 0.303 e. The van der Waals surface area contributed by atoms with E-state index in [2.05, 4.69) is 20.8 Å². The molecule has 3 aromatic rings. The number of aromatic nitrogens is 4. The number of thioether (sulfide) groups is 1. The maximum Gasteiger partial charge on any atom is 0.303 e. The number of carbonyl (C=O) groups excluding carboxylic acids is 1. The summed E-state index contributed by atoms with van der Waals surface area (Å²) < 4.78 is 14.3. The van der Waals surface area contributed by atoms with Crippen molar-refractivity contribution in [2.24, 2.45) is 7.05 Å². The maximum atomic E-state index is 11.8. The average molecular weight is 528 g/mol. The Morgan fingerprint density at radius 3 is 2.41 bits per heavy atom. The molecule has 4 rings (SSSR count). The SMILES string of the molecule is Cn1nnnc1SC[C@@H]1C[C@H](c2ccc(CO)cc2)O[C@H](c2ccc(CNC(=O)CCC(=O)O)cc2)O1. The molecule has 1 amide bonds. The fourth-order valence-corrected chi connectivity index (χ4v) is 4.70. The minimum Gasteiger partial charge on any atom is -0.481 e. The fraction of sp³-hybridized carbons (Fsp3) is 0.400. The van der Waals surface area contributed by atoms with E-state index >= 15 is 0 Å². The quantitative estimate of drug-likeness (QED) is 0.318. The number of nitrogens with zero attached hydrogens (tertiary/aromatic N) is 4. The Labute approximate surface area is 218 Å². The van der Waals surface area contributed by atoms with Crippen molar-refractivity contribution in [3.8, 4) is 0 Å². The maximum absolute atomic E-state index is 11.8. The number of benzene rings is 2. The molecule has 11 nitrogen and oxygen atoms in total. The molecule has 0 saturated carbocycles. The van der Waals surface area contributed by atoms with Crippen LogP contribution in [0.1, 0.15) is 53.9 Å². The Balaban J connectivity index is 1.43. The third-order valence-corrected chi connectivity index (χ3v) is 7.04. The van der Waals surface area contributed by atoms with Crippen molar-refractivity contribution in [1.82, 2.24) is 25.5 Å². The van der Waals surface area contributed by atoms with E-state index in [1.165, 1.54) is 11.8 Å². The molecule has 0 unspecified atom stereocenters. The van der Waals surface area contributed by atoms with Gasteiger partial charge in [-0.2, -0.15) is 0 Å². The van der Waals surface area contributed by atoms with Gasteiger partial charge in [0.05, 0.1) is 25.2 Å². The van der Waals surface area contributed by atoms with Crippen LogP contribution >= 0.6 is 11.8 Å². The van der Waals surface area contributed by atoms with Gasteiger partial charge in [0.2, 0.25) is 11.1 Å². The molecule has 2 aromatic carbocycles. The number of nitrogens with one attached hydrogen (secondary N) is 1. The minimum atomic E-state index is -1.00. The number of carbonyl (C=O) groups is 2. The van der Waals surface area contributed by atoms with Crippen molar-refractivity contribution in [2.45, 2.75) is 56.1 Å². The van der Waals surface area contributed by atoms with Gasteiger partial charge in [0.15, 0.2) is 6.29 Å². The predicted molar refractivity (Wildman–Crippen MR) is 133 cm³/mol. The Kier molecular flexibility index (Phi) is 9.23. The number of aliphatic hydroxyl groups excluding tert-OH is 1. The first-order valence-corrected chi connectivity index (χ1v) is 12.8. The zero-order valence-corrected chi connectivity index (χ0v) is 21.1. The number of hydrogen-bond acceptors (Lipinski definition) is 9. The second kappa shape index (κ2) is 12.8. The van der Waals surface area contributed by atoms with Gasteiger partial charge >= 0.3 is 5.97 Å². The van der Waals surface area contributed by atoms with Gasteiger partial charge in [-0.1, -0.05) is 60.3 Å². The Morgan fingerprint density at radius 1 is 1.05 bits per heavy atom. The summed E-state index contributed by atoms with van der Waals surface area (Å²) in [6.07, 6.45) is -0.537. The minimum absolute atomic E-state index is 0.0189. The van der Waals surface area contributed by atoms with E-state index in [-0.39, 0.29) is 37.6 Å². The number of carboxylic acid groups (broad SMARTS) is 1. The second-order valence-corrected chi connectivity index (χ2v) is 9.65. The molecule has 0 spiro atoms. The largest absolute Gasteiger partial charge is 0.481 e. The van der Waals surface area contributed by atoms with E-state index in [1.54, 1.807) is 11.7 Å². The summed E-state index contributed by atoms with van der Waals surface area (Å²) >= 11 is 1.51. The summed E-state index contributed by atoms with van der Waals surface area (Å²) in [6.45, 7) is 0.283. The first-order chi connectivity index (χ1) is 17.9. The van der Waals surface area contributed by atoms with Gasteiger partial charge < -0.3 is 25.0 Å². The van der Waals surface area contributed by atoms with Crippen LogP contribution in [0.3, 0.4) is 0 Å². The van der Waals surface area contributed by atoms with Gasteiger partial charge in [0.25, 0.3) is 0 Å².